The van der Waals surface area contributed by atoms with Crippen LogP contribution in [0.15, 0.2) is 5.16 Å². The number of aliphatic carboxylic acids is 1. The Hall–Kier alpha value is -1.11. The van der Waals surface area contributed by atoms with Crippen molar-refractivity contribution in [3.63, 3.8) is 0 Å². The van der Waals surface area contributed by atoms with E-state index in [-0.39, 0.29) is 5.75 Å². The SMILES string of the molecule is CCC1CCC(Cn2nnnc2SCC(=O)O)CC1. The summed E-state index contributed by atoms with van der Waals surface area (Å²) in [4.78, 5) is 10.6. The lowest BCUT2D eigenvalue weighted by Gasteiger charge is -2.27. The predicted octanol–water partition coefficient (Wildman–Crippen LogP) is 2.07. The monoisotopic (exact) mass is 284 g/mol. The molecule has 1 aliphatic rings. The van der Waals surface area contributed by atoms with E-state index in [9.17, 15) is 4.79 Å². The van der Waals surface area contributed by atoms with Gasteiger partial charge in [-0.1, -0.05) is 37.9 Å². The molecule has 0 radical (unpaired) electrons. The van der Waals surface area contributed by atoms with E-state index in [0.29, 0.717) is 11.1 Å². The van der Waals surface area contributed by atoms with Gasteiger partial charge in [-0.2, -0.15) is 0 Å². The Morgan fingerprint density at radius 2 is 2.05 bits per heavy atom. The van der Waals surface area contributed by atoms with Crippen molar-refractivity contribution in [3.8, 4) is 0 Å². The molecule has 1 heterocycles. The Morgan fingerprint density at radius 1 is 1.37 bits per heavy atom. The van der Waals surface area contributed by atoms with Crippen LogP contribution in [0.25, 0.3) is 0 Å². The van der Waals surface area contributed by atoms with Crippen molar-refractivity contribution in [1.82, 2.24) is 20.2 Å². The zero-order valence-corrected chi connectivity index (χ0v) is 12.0. The van der Waals surface area contributed by atoms with Crippen LogP contribution < -0.4 is 0 Å². The first kappa shape index (κ1) is 14.3. The van der Waals surface area contributed by atoms with E-state index in [1.54, 1.807) is 4.68 Å². The van der Waals surface area contributed by atoms with E-state index in [1.807, 2.05) is 0 Å². The van der Waals surface area contributed by atoms with Crippen molar-refractivity contribution in [3.05, 3.63) is 0 Å². The molecule has 0 bridgehead atoms. The third-order valence-corrected chi connectivity index (χ3v) is 4.74. The minimum Gasteiger partial charge on any atom is -0.481 e. The average Bonchev–Trinajstić information content (AvgIpc) is 2.84. The highest BCUT2D eigenvalue weighted by Gasteiger charge is 2.22. The largest absolute Gasteiger partial charge is 0.481 e. The first-order valence-corrected chi connectivity index (χ1v) is 7.78. The highest BCUT2D eigenvalue weighted by molar-refractivity contribution is 7.99. The maximum absolute atomic E-state index is 10.6. The molecule has 1 fully saturated rings. The second-order valence-corrected chi connectivity index (χ2v) is 6.06. The molecule has 2 rings (SSSR count). The fourth-order valence-electron chi connectivity index (χ4n) is 2.61. The summed E-state index contributed by atoms with van der Waals surface area (Å²) < 4.78 is 1.75. The first-order valence-electron chi connectivity index (χ1n) is 6.79. The summed E-state index contributed by atoms with van der Waals surface area (Å²) in [6.07, 6.45) is 6.31. The van der Waals surface area contributed by atoms with Gasteiger partial charge in [-0.25, -0.2) is 4.68 Å². The smallest absolute Gasteiger partial charge is 0.313 e. The van der Waals surface area contributed by atoms with E-state index >= 15 is 0 Å². The molecule has 19 heavy (non-hydrogen) atoms. The molecule has 7 heteroatoms. The van der Waals surface area contributed by atoms with Crippen LogP contribution in [0.4, 0.5) is 0 Å². The number of carboxylic acid groups (broad SMARTS) is 1. The van der Waals surface area contributed by atoms with Crippen molar-refractivity contribution < 1.29 is 9.90 Å². The van der Waals surface area contributed by atoms with Gasteiger partial charge in [0.2, 0.25) is 5.16 Å². The van der Waals surface area contributed by atoms with Gasteiger partial charge in [0.25, 0.3) is 0 Å². The molecule has 0 unspecified atom stereocenters. The normalized spacial score (nSPS) is 23.4. The van der Waals surface area contributed by atoms with Crippen molar-refractivity contribution in [1.29, 1.82) is 0 Å². The third-order valence-electron chi connectivity index (χ3n) is 3.80. The maximum atomic E-state index is 10.6. The molecule has 1 aliphatic carbocycles. The number of tetrazole rings is 1. The molecule has 0 aliphatic heterocycles. The van der Waals surface area contributed by atoms with Crippen LogP contribution in [0.3, 0.4) is 0 Å². The van der Waals surface area contributed by atoms with Gasteiger partial charge < -0.3 is 5.11 Å². The molecule has 1 aromatic heterocycles. The van der Waals surface area contributed by atoms with Gasteiger partial charge in [0.15, 0.2) is 0 Å². The predicted molar refractivity (Wildman–Crippen MR) is 71.9 cm³/mol. The number of rotatable bonds is 6. The summed E-state index contributed by atoms with van der Waals surface area (Å²) in [5.74, 6) is 0.660. The van der Waals surface area contributed by atoms with Gasteiger partial charge in [0.1, 0.15) is 0 Å². The van der Waals surface area contributed by atoms with E-state index < -0.39 is 5.97 Å². The second kappa shape index (κ2) is 6.88. The van der Waals surface area contributed by atoms with Gasteiger partial charge in [-0.05, 0) is 35.1 Å². The Bertz CT molecular complexity index is 416. The second-order valence-electron chi connectivity index (χ2n) is 5.12. The van der Waals surface area contributed by atoms with Crippen LogP contribution in [-0.4, -0.2) is 37.0 Å². The lowest BCUT2D eigenvalue weighted by molar-refractivity contribution is -0.133. The standard InChI is InChI=1S/C12H20N4O2S/c1-2-9-3-5-10(6-4-9)7-16-12(13-14-15-16)19-8-11(17)18/h9-10H,2-8H2,1H3,(H,17,18). The van der Waals surface area contributed by atoms with E-state index in [1.165, 1.54) is 43.9 Å². The van der Waals surface area contributed by atoms with Gasteiger partial charge in [0, 0.05) is 6.54 Å². The summed E-state index contributed by atoms with van der Waals surface area (Å²) in [5, 5.41) is 20.8. The van der Waals surface area contributed by atoms with Crippen LogP contribution in [-0.2, 0) is 11.3 Å². The van der Waals surface area contributed by atoms with E-state index in [0.717, 1.165) is 12.5 Å². The lowest BCUT2D eigenvalue weighted by Crippen LogP contribution is -2.20. The fourth-order valence-corrected chi connectivity index (χ4v) is 3.21. The highest BCUT2D eigenvalue weighted by atomic mass is 32.2. The number of carbonyl (C=O) groups is 1. The molecule has 0 saturated heterocycles. The van der Waals surface area contributed by atoms with Crippen molar-refractivity contribution in [2.45, 2.75) is 50.7 Å². The molecular weight excluding hydrogens is 264 g/mol. The Morgan fingerprint density at radius 3 is 2.68 bits per heavy atom. The number of aromatic nitrogens is 4. The molecule has 1 aromatic rings. The first-order chi connectivity index (χ1) is 9.19. The summed E-state index contributed by atoms with van der Waals surface area (Å²) in [6.45, 7) is 3.07. The van der Waals surface area contributed by atoms with Crippen molar-refractivity contribution in [2.75, 3.05) is 5.75 Å². The lowest BCUT2D eigenvalue weighted by atomic mass is 9.81. The average molecular weight is 284 g/mol. The minimum absolute atomic E-state index is 0.00293. The number of nitrogens with zero attached hydrogens (tertiary/aromatic N) is 4. The van der Waals surface area contributed by atoms with Gasteiger partial charge in [-0.3, -0.25) is 4.79 Å². The molecule has 106 valence electrons. The third kappa shape index (κ3) is 4.19. The zero-order valence-electron chi connectivity index (χ0n) is 11.2. The molecule has 1 saturated carbocycles. The summed E-state index contributed by atoms with van der Waals surface area (Å²) in [5.41, 5.74) is 0. The van der Waals surface area contributed by atoms with E-state index in [4.69, 9.17) is 5.11 Å². The van der Waals surface area contributed by atoms with Crippen LogP contribution in [0, 0.1) is 11.8 Å². The van der Waals surface area contributed by atoms with E-state index in [2.05, 4.69) is 22.4 Å². The maximum Gasteiger partial charge on any atom is 0.313 e. The van der Waals surface area contributed by atoms with Crippen molar-refractivity contribution in [2.24, 2.45) is 11.8 Å². The number of hydrogen-bond acceptors (Lipinski definition) is 5. The van der Waals surface area contributed by atoms with Crippen LogP contribution in [0.5, 0.6) is 0 Å². The number of carboxylic acids is 1. The van der Waals surface area contributed by atoms with Gasteiger partial charge in [-0.15, -0.1) is 5.10 Å². The fraction of sp³-hybridized carbons (Fsp3) is 0.833. The number of thioether (sulfide) groups is 1. The van der Waals surface area contributed by atoms with Crippen molar-refractivity contribution >= 4 is 17.7 Å². The molecule has 0 spiro atoms. The Kier molecular flexibility index (Phi) is 5.18. The molecule has 1 N–H and O–H groups in total. The van der Waals surface area contributed by atoms with Gasteiger partial charge in [0.05, 0.1) is 5.75 Å². The Balaban J connectivity index is 1.86. The van der Waals surface area contributed by atoms with Crippen LogP contribution in [0.1, 0.15) is 39.0 Å². The number of hydrogen-bond donors (Lipinski definition) is 1. The Labute approximate surface area is 117 Å². The molecule has 0 amide bonds. The van der Waals surface area contributed by atoms with Crippen LogP contribution in [0.2, 0.25) is 0 Å². The summed E-state index contributed by atoms with van der Waals surface area (Å²) in [6, 6.07) is 0. The minimum atomic E-state index is -0.844. The molecule has 0 aromatic carbocycles. The summed E-state index contributed by atoms with van der Waals surface area (Å²) >= 11 is 1.18. The topological polar surface area (TPSA) is 80.9 Å². The highest BCUT2D eigenvalue weighted by Crippen LogP contribution is 2.31. The molecule has 0 atom stereocenters. The quantitative estimate of drug-likeness (QED) is 0.805. The van der Waals surface area contributed by atoms with Crippen LogP contribution >= 0.6 is 11.8 Å². The van der Waals surface area contributed by atoms with Gasteiger partial charge >= 0.3 is 5.97 Å². The summed E-state index contributed by atoms with van der Waals surface area (Å²) in [7, 11) is 0. The molecule has 6 nitrogen and oxygen atoms in total. The zero-order chi connectivity index (χ0) is 13.7. The molecular formula is C12H20N4O2S.